The summed E-state index contributed by atoms with van der Waals surface area (Å²) in [6, 6.07) is 2.89. The summed E-state index contributed by atoms with van der Waals surface area (Å²) >= 11 is 0. The standard InChI is InChI=1S/C13H14O6/c1-6(14)7-3-4-8-11(12(7)15)9(18-2)5-10(19-8)13(16)17/h3-4,9-10,15H,5H2,1-2H3,(H,16,17). The molecule has 2 atom stereocenters. The van der Waals surface area contributed by atoms with E-state index in [1.807, 2.05) is 0 Å². The van der Waals surface area contributed by atoms with Crippen LogP contribution in [0, 0.1) is 0 Å². The lowest BCUT2D eigenvalue weighted by Gasteiger charge is -2.30. The van der Waals surface area contributed by atoms with Crippen molar-refractivity contribution in [1.82, 2.24) is 0 Å². The van der Waals surface area contributed by atoms with Crippen molar-refractivity contribution < 1.29 is 29.3 Å². The van der Waals surface area contributed by atoms with Gasteiger partial charge in [0.15, 0.2) is 11.9 Å². The molecule has 2 rings (SSSR count). The van der Waals surface area contributed by atoms with Gasteiger partial charge in [0.1, 0.15) is 11.5 Å². The number of ketones is 1. The van der Waals surface area contributed by atoms with Gasteiger partial charge in [-0.15, -0.1) is 0 Å². The second kappa shape index (κ2) is 4.89. The van der Waals surface area contributed by atoms with Gasteiger partial charge in [-0.25, -0.2) is 4.79 Å². The third-order valence-electron chi connectivity index (χ3n) is 3.14. The van der Waals surface area contributed by atoms with Gasteiger partial charge in [0.05, 0.1) is 17.2 Å². The van der Waals surface area contributed by atoms with Crippen molar-refractivity contribution in [2.75, 3.05) is 7.11 Å². The van der Waals surface area contributed by atoms with Crippen LogP contribution in [-0.4, -0.2) is 35.2 Å². The highest BCUT2D eigenvalue weighted by molar-refractivity contribution is 5.97. The topological polar surface area (TPSA) is 93.1 Å². The Morgan fingerprint density at radius 1 is 1.42 bits per heavy atom. The summed E-state index contributed by atoms with van der Waals surface area (Å²) < 4.78 is 10.5. The number of fused-ring (bicyclic) bond motifs is 1. The van der Waals surface area contributed by atoms with Gasteiger partial charge in [0.2, 0.25) is 0 Å². The number of phenolic OH excluding ortho intramolecular Hbond substituents is 1. The molecule has 0 bridgehead atoms. The molecular weight excluding hydrogens is 252 g/mol. The predicted octanol–water partition coefficient (Wildman–Crippen LogP) is 1.52. The maximum Gasteiger partial charge on any atom is 0.345 e. The highest BCUT2D eigenvalue weighted by Crippen LogP contribution is 2.43. The Labute approximate surface area is 109 Å². The number of rotatable bonds is 3. The quantitative estimate of drug-likeness (QED) is 0.806. The Morgan fingerprint density at radius 2 is 2.11 bits per heavy atom. The minimum atomic E-state index is -1.09. The average Bonchev–Trinajstić information content (AvgIpc) is 2.37. The van der Waals surface area contributed by atoms with E-state index < -0.39 is 18.2 Å². The number of Topliss-reactive ketones (excluding diaryl/α,β-unsaturated/α-hetero) is 1. The van der Waals surface area contributed by atoms with Gasteiger partial charge >= 0.3 is 5.97 Å². The molecule has 6 heteroatoms. The first-order valence-corrected chi connectivity index (χ1v) is 5.74. The van der Waals surface area contributed by atoms with E-state index in [1.165, 1.54) is 26.2 Å². The number of hydrogen-bond acceptors (Lipinski definition) is 5. The van der Waals surface area contributed by atoms with Crippen molar-refractivity contribution in [3.63, 3.8) is 0 Å². The number of ether oxygens (including phenoxy) is 2. The monoisotopic (exact) mass is 266 g/mol. The van der Waals surface area contributed by atoms with Crippen molar-refractivity contribution in [1.29, 1.82) is 0 Å². The van der Waals surface area contributed by atoms with Gasteiger partial charge in [-0.2, -0.15) is 0 Å². The van der Waals surface area contributed by atoms with Crippen LogP contribution in [0.1, 0.15) is 35.4 Å². The smallest absolute Gasteiger partial charge is 0.345 e. The molecule has 1 aromatic rings. The Bertz CT molecular complexity index is 536. The number of benzene rings is 1. The lowest BCUT2D eigenvalue weighted by molar-refractivity contribution is -0.148. The highest BCUT2D eigenvalue weighted by Gasteiger charge is 2.35. The molecule has 0 aliphatic carbocycles. The zero-order valence-electron chi connectivity index (χ0n) is 10.5. The van der Waals surface area contributed by atoms with E-state index in [4.69, 9.17) is 14.6 Å². The number of hydrogen-bond donors (Lipinski definition) is 2. The summed E-state index contributed by atoms with van der Waals surface area (Å²) in [5.74, 6) is -1.35. The van der Waals surface area contributed by atoms with Crippen LogP contribution in [0.2, 0.25) is 0 Å². The van der Waals surface area contributed by atoms with E-state index in [2.05, 4.69) is 0 Å². The van der Waals surface area contributed by atoms with Crippen molar-refractivity contribution in [2.45, 2.75) is 25.6 Å². The molecule has 0 saturated heterocycles. The van der Waals surface area contributed by atoms with Crippen LogP contribution in [-0.2, 0) is 9.53 Å². The number of aromatic hydroxyl groups is 1. The zero-order chi connectivity index (χ0) is 14.2. The Morgan fingerprint density at radius 3 is 2.63 bits per heavy atom. The lowest BCUT2D eigenvalue weighted by Crippen LogP contribution is -2.33. The lowest BCUT2D eigenvalue weighted by atomic mass is 9.94. The molecule has 1 aromatic carbocycles. The van der Waals surface area contributed by atoms with E-state index >= 15 is 0 Å². The van der Waals surface area contributed by atoms with Crippen molar-refractivity contribution >= 4 is 11.8 Å². The second-order valence-corrected chi connectivity index (χ2v) is 4.33. The predicted molar refractivity (Wildman–Crippen MR) is 64.5 cm³/mol. The summed E-state index contributed by atoms with van der Waals surface area (Å²) in [5.41, 5.74) is 0.492. The molecule has 0 amide bonds. The van der Waals surface area contributed by atoms with Gasteiger partial charge in [-0.1, -0.05) is 0 Å². The van der Waals surface area contributed by atoms with Crippen LogP contribution in [0.25, 0.3) is 0 Å². The molecule has 1 aliphatic heterocycles. The minimum Gasteiger partial charge on any atom is -0.507 e. The first-order valence-electron chi connectivity index (χ1n) is 5.74. The Balaban J connectivity index is 2.52. The van der Waals surface area contributed by atoms with Gasteiger partial charge in [0, 0.05) is 13.5 Å². The number of aliphatic carboxylic acids is 1. The van der Waals surface area contributed by atoms with Crippen LogP contribution >= 0.6 is 0 Å². The molecule has 19 heavy (non-hydrogen) atoms. The minimum absolute atomic E-state index is 0.0771. The molecule has 0 saturated carbocycles. The first kappa shape index (κ1) is 13.4. The molecule has 2 N–H and O–H groups in total. The molecule has 0 fully saturated rings. The van der Waals surface area contributed by atoms with Crippen LogP contribution in [0.5, 0.6) is 11.5 Å². The Hall–Kier alpha value is -2.08. The summed E-state index contributed by atoms with van der Waals surface area (Å²) in [7, 11) is 1.42. The fourth-order valence-electron chi connectivity index (χ4n) is 2.17. The van der Waals surface area contributed by atoms with Crippen molar-refractivity contribution in [2.24, 2.45) is 0 Å². The number of carboxylic acids is 1. The Kier molecular flexibility index (Phi) is 3.44. The van der Waals surface area contributed by atoms with Gasteiger partial charge in [-0.05, 0) is 19.1 Å². The molecule has 1 aliphatic rings. The highest BCUT2D eigenvalue weighted by atomic mass is 16.5. The summed E-state index contributed by atoms with van der Waals surface area (Å²) in [5, 5.41) is 19.1. The van der Waals surface area contributed by atoms with Crippen LogP contribution in [0.4, 0.5) is 0 Å². The average molecular weight is 266 g/mol. The second-order valence-electron chi connectivity index (χ2n) is 4.33. The van der Waals surface area contributed by atoms with Gasteiger partial charge < -0.3 is 19.7 Å². The summed E-state index contributed by atoms with van der Waals surface area (Å²) in [6.07, 6.45) is -1.57. The van der Waals surface area contributed by atoms with Crippen LogP contribution in [0.3, 0.4) is 0 Å². The molecule has 2 unspecified atom stereocenters. The van der Waals surface area contributed by atoms with Crippen molar-refractivity contribution in [3.05, 3.63) is 23.3 Å². The van der Waals surface area contributed by atoms with Crippen LogP contribution in [0.15, 0.2) is 12.1 Å². The maximum absolute atomic E-state index is 11.4. The largest absolute Gasteiger partial charge is 0.507 e. The molecule has 102 valence electrons. The molecular formula is C13H14O6. The van der Waals surface area contributed by atoms with Crippen molar-refractivity contribution in [3.8, 4) is 11.5 Å². The van der Waals surface area contributed by atoms with E-state index in [0.29, 0.717) is 5.56 Å². The number of carbonyl (C=O) groups excluding carboxylic acids is 1. The molecule has 0 aromatic heterocycles. The molecule has 1 heterocycles. The van der Waals surface area contributed by atoms with E-state index in [1.54, 1.807) is 0 Å². The normalized spacial score (nSPS) is 21.4. The van der Waals surface area contributed by atoms with Crippen LogP contribution < -0.4 is 4.74 Å². The molecule has 0 spiro atoms. The summed E-state index contributed by atoms with van der Waals surface area (Å²) in [6.45, 7) is 1.34. The van der Waals surface area contributed by atoms with Gasteiger partial charge in [-0.3, -0.25) is 4.79 Å². The van der Waals surface area contributed by atoms with E-state index in [9.17, 15) is 14.7 Å². The summed E-state index contributed by atoms with van der Waals surface area (Å²) in [4.78, 5) is 22.4. The van der Waals surface area contributed by atoms with Gasteiger partial charge in [0.25, 0.3) is 0 Å². The fraction of sp³-hybridized carbons (Fsp3) is 0.385. The number of carbonyl (C=O) groups is 2. The first-order chi connectivity index (χ1) is 8.95. The third kappa shape index (κ3) is 2.26. The van der Waals surface area contributed by atoms with E-state index in [0.717, 1.165) is 0 Å². The fourth-order valence-corrected chi connectivity index (χ4v) is 2.17. The number of carboxylic acid groups (broad SMARTS) is 1. The molecule has 0 radical (unpaired) electrons. The number of methoxy groups -OCH3 is 1. The van der Waals surface area contributed by atoms with E-state index in [-0.39, 0.29) is 29.3 Å². The maximum atomic E-state index is 11.4. The SMILES string of the molecule is COC1CC(C(=O)O)Oc2ccc(C(C)=O)c(O)c21. The zero-order valence-corrected chi connectivity index (χ0v) is 10.5. The number of phenols is 1. The third-order valence-corrected chi connectivity index (χ3v) is 3.14. The molecule has 6 nitrogen and oxygen atoms in total.